The number of aromatic nitrogens is 1. The quantitative estimate of drug-likeness (QED) is 0.857. The molecule has 5 nitrogen and oxygen atoms in total. The van der Waals surface area contributed by atoms with Gasteiger partial charge in [0.25, 0.3) is 0 Å². The van der Waals surface area contributed by atoms with E-state index >= 15 is 0 Å². The van der Waals surface area contributed by atoms with Gasteiger partial charge in [-0.25, -0.2) is 9.78 Å². The summed E-state index contributed by atoms with van der Waals surface area (Å²) in [6, 6.07) is 6.06. The van der Waals surface area contributed by atoms with Crippen molar-refractivity contribution in [1.29, 1.82) is 0 Å². The van der Waals surface area contributed by atoms with Gasteiger partial charge in [-0.05, 0) is 51.8 Å². The number of hydrogen-bond donors (Lipinski definition) is 1. The highest BCUT2D eigenvalue weighted by Crippen LogP contribution is 2.35. The van der Waals surface area contributed by atoms with Gasteiger partial charge in [0.2, 0.25) is 0 Å². The number of nitrogen functional groups attached to an aromatic ring is 1. The summed E-state index contributed by atoms with van der Waals surface area (Å²) in [6.07, 6.45) is 0.527. The minimum atomic E-state index is -0.491. The number of aryl methyl sites for hydroxylation is 1. The Kier molecular flexibility index (Phi) is 3.80. The van der Waals surface area contributed by atoms with E-state index in [-0.39, 0.29) is 6.09 Å². The third-order valence-corrected chi connectivity index (χ3v) is 4.48. The van der Waals surface area contributed by atoms with Gasteiger partial charge in [-0.3, -0.25) is 4.90 Å². The number of fused-ring (bicyclic) bond motifs is 1. The lowest BCUT2D eigenvalue weighted by molar-refractivity contribution is 0.0584. The summed E-state index contributed by atoms with van der Waals surface area (Å²) in [5, 5.41) is 0.577. The zero-order chi connectivity index (χ0) is 16.8. The maximum atomic E-state index is 12.3. The Morgan fingerprint density at radius 3 is 2.74 bits per heavy atom. The maximum absolute atomic E-state index is 12.3. The van der Waals surface area contributed by atoms with Gasteiger partial charge in [-0.15, -0.1) is 11.3 Å². The predicted molar refractivity (Wildman–Crippen MR) is 94.0 cm³/mol. The minimum absolute atomic E-state index is 0.293. The van der Waals surface area contributed by atoms with Crippen LogP contribution in [0, 0.1) is 6.92 Å². The van der Waals surface area contributed by atoms with Gasteiger partial charge in [0.05, 0.1) is 11.4 Å². The fourth-order valence-electron chi connectivity index (χ4n) is 2.74. The number of benzene rings is 1. The summed E-state index contributed by atoms with van der Waals surface area (Å²) in [5.74, 6) is 0. The molecule has 1 aliphatic rings. The Morgan fingerprint density at radius 1 is 1.39 bits per heavy atom. The number of nitrogens with two attached hydrogens (primary N) is 1. The van der Waals surface area contributed by atoms with Crippen molar-refractivity contribution < 1.29 is 9.53 Å². The number of nitrogens with zero attached hydrogens (tertiary/aromatic N) is 2. The average Bonchev–Trinajstić information content (AvgIpc) is 2.99. The van der Waals surface area contributed by atoms with E-state index in [9.17, 15) is 4.79 Å². The van der Waals surface area contributed by atoms with Gasteiger partial charge in [0, 0.05) is 17.0 Å². The second kappa shape index (κ2) is 5.53. The van der Waals surface area contributed by atoms with Crippen LogP contribution in [0.2, 0.25) is 0 Å². The molecule has 0 saturated heterocycles. The molecule has 0 unspecified atom stereocenters. The standard InChI is InChI=1S/C17H21N3O2S/c1-10-14(19-15(18)23-10)12-5-6-13-11(9-12)7-8-20(13)16(21)22-17(2,3)4/h5-6,9H,7-8H2,1-4H3,(H2,18,19). The highest BCUT2D eigenvalue weighted by atomic mass is 32.1. The SMILES string of the molecule is Cc1sc(N)nc1-c1ccc2c(c1)CCN2C(=O)OC(C)(C)C. The molecule has 122 valence electrons. The lowest BCUT2D eigenvalue weighted by atomic mass is 10.1. The van der Waals surface area contributed by atoms with Crippen molar-refractivity contribution in [3.8, 4) is 11.3 Å². The molecule has 6 heteroatoms. The molecule has 2 aromatic rings. The molecule has 0 saturated carbocycles. The number of carbonyl (C=O) groups is 1. The van der Waals surface area contributed by atoms with E-state index in [1.54, 1.807) is 4.90 Å². The number of anilines is 2. The normalized spacial score (nSPS) is 14.0. The molecule has 0 aliphatic carbocycles. The van der Waals surface area contributed by atoms with Crippen molar-refractivity contribution in [2.75, 3.05) is 17.2 Å². The topological polar surface area (TPSA) is 68.5 Å². The van der Waals surface area contributed by atoms with Crippen molar-refractivity contribution in [2.45, 2.75) is 39.7 Å². The van der Waals surface area contributed by atoms with Crippen LogP contribution in [-0.4, -0.2) is 23.2 Å². The number of carbonyl (C=O) groups excluding carboxylic acids is 1. The second-order valence-electron chi connectivity index (χ2n) is 6.68. The van der Waals surface area contributed by atoms with Crippen molar-refractivity contribution in [3.05, 3.63) is 28.6 Å². The number of rotatable bonds is 1. The Morgan fingerprint density at radius 2 is 2.13 bits per heavy atom. The monoisotopic (exact) mass is 331 g/mol. The molecular formula is C17H21N3O2S. The number of thiazole rings is 1. The van der Waals surface area contributed by atoms with E-state index in [1.807, 2.05) is 39.8 Å². The first-order chi connectivity index (χ1) is 10.7. The van der Waals surface area contributed by atoms with Crippen molar-refractivity contribution in [1.82, 2.24) is 4.98 Å². The molecule has 0 atom stereocenters. The first kappa shape index (κ1) is 15.8. The van der Waals surface area contributed by atoms with Crippen LogP contribution < -0.4 is 10.6 Å². The average molecular weight is 331 g/mol. The van der Waals surface area contributed by atoms with Crippen molar-refractivity contribution >= 4 is 28.2 Å². The van der Waals surface area contributed by atoms with E-state index in [4.69, 9.17) is 10.5 Å². The third kappa shape index (κ3) is 3.17. The van der Waals surface area contributed by atoms with Crippen LogP contribution in [0.15, 0.2) is 18.2 Å². The van der Waals surface area contributed by atoms with Crippen LogP contribution in [0.1, 0.15) is 31.2 Å². The number of ether oxygens (including phenoxy) is 1. The van der Waals surface area contributed by atoms with Gasteiger partial charge >= 0.3 is 6.09 Å². The van der Waals surface area contributed by atoms with Gasteiger partial charge in [-0.2, -0.15) is 0 Å². The van der Waals surface area contributed by atoms with Crippen LogP contribution >= 0.6 is 11.3 Å². The molecule has 2 N–H and O–H groups in total. The molecule has 3 rings (SSSR count). The lowest BCUT2D eigenvalue weighted by Crippen LogP contribution is -2.35. The van der Waals surface area contributed by atoms with Gasteiger partial charge in [0.1, 0.15) is 5.60 Å². The number of hydrogen-bond acceptors (Lipinski definition) is 5. The summed E-state index contributed by atoms with van der Waals surface area (Å²) < 4.78 is 5.48. The van der Waals surface area contributed by atoms with E-state index in [0.717, 1.165) is 33.8 Å². The summed E-state index contributed by atoms with van der Waals surface area (Å²) in [4.78, 5) is 19.5. The molecular weight excluding hydrogens is 310 g/mol. The molecule has 0 fully saturated rings. The first-order valence-corrected chi connectivity index (χ1v) is 8.43. The molecule has 0 spiro atoms. The molecule has 1 aliphatic heterocycles. The highest BCUT2D eigenvalue weighted by molar-refractivity contribution is 7.15. The van der Waals surface area contributed by atoms with Crippen molar-refractivity contribution in [3.63, 3.8) is 0 Å². The minimum Gasteiger partial charge on any atom is -0.443 e. The first-order valence-electron chi connectivity index (χ1n) is 7.61. The molecule has 1 amide bonds. The van der Waals surface area contributed by atoms with Crippen LogP contribution in [0.5, 0.6) is 0 Å². The Labute approximate surface area is 140 Å². The lowest BCUT2D eigenvalue weighted by Gasteiger charge is -2.24. The summed E-state index contributed by atoms with van der Waals surface area (Å²) in [7, 11) is 0. The smallest absolute Gasteiger partial charge is 0.414 e. The van der Waals surface area contributed by atoms with E-state index in [0.29, 0.717) is 11.7 Å². The van der Waals surface area contributed by atoms with Crippen LogP contribution in [0.25, 0.3) is 11.3 Å². The molecule has 0 bridgehead atoms. The Balaban J connectivity index is 1.89. The Bertz CT molecular complexity index is 762. The molecule has 23 heavy (non-hydrogen) atoms. The van der Waals surface area contributed by atoms with E-state index in [2.05, 4.69) is 11.1 Å². The summed E-state index contributed by atoms with van der Waals surface area (Å²) >= 11 is 1.49. The zero-order valence-corrected chi connectivity index (χ0v) is 14.7. The molecule has 0 radical (unpaired) electrons. The zero-order valence-electron chi connectivity index (χ0n) is 13.8. The van der Waals surface area contributed by atoms with Gasteiger partial charge < -0.3 is 10.5 Å². The van der Waals surface area contributed by atoms with Crippen LogP contribution in [0.3, 0.4) is 0 Å². The molecule has 1 aromatic heterocycles. The van der Waals surface area contributed by atoms with Gasteiger partial charge in [-0.1, -0.05) is 6.07 Å². The van der Waals surface area contributed by atoms with E-state index < -0.39 is 5.60 Å². The Hall–Kier alpha value is -2.08. The predicted octanol–water partition coefficient (Wildman–Crippen LogP) is 4.00. The van der Waals surface area contributed by atoms with Gasteiger partial charge in [0.15, 0.2) is 5.13 Å². The fraction of sp³-hybridized carbons (Fsp3) is 0.412. The second-order valence-corrected chi connectivity index (χ2v) is 7.92. The molecule has 2 heterocycles. The molecule has 1 aromatic carbocycles. The fourth-order valence-corrected chi connectivity index (χ4v) is 3.45. The van der Waals surface area contributed by atoms with Crippen LogP contribution in [0.4, 0.5) is 15.6 Å². The summed E-state index contributed by atoms with van der Waals surface area (Å²) in [6.45, 7) is 8.29. The highest BCUT2D eigenvalue weighted by Gasteiger charge is 2.29. The largest absolute Gasteiger partial charge is 0.443 e. The van der Waals surface area contributed by atoms with Crippen molar-refractivity contribution in [2.24, 2.45) is 0 Å². The summed E-state index contributed by atoms with van der Waals surface area (Å²) in [5.41, 5.74) is 9.32. The van der Waals surface area contributed by atoms with E-state index in [1.165, 1.54) is 11.3 Å². The third-order valence-electron chi connectivity index (χ3n) is 3.68. The number of amides is 1. The maximum Gasteiger partial charge on any atom is 0.414 e. The van der Waals surface area contributed by atoms with Crippen LogP contribution in [-0.2, 0) is 11.2 Å².